The van der Waals surface area contributed by atoms with Gasteiger partial charge in [0.05, 0.1) is 35.1 Å². The molecule has 0 radical (unpaired) electrons. The number of halogens is 1. The van der Waals surface area contributed by atoms with Gasteiger partial charge in [0.25, 0.3) is 5.91 Å². The van der Waals surface area contributed by atoms with E-state index in [1.54, 1.807) is 36.7 Å². The molecule has 0 atom stereocenters. The van der Waals surface area contributed by atoms with Crippen LogP contribution in [0.15, 0.2) is 83.6 Å². The first-order chi connectivity index (χ1) is 15.2. The minimum Gasteiger partial charge on any atom is -0.464 e. The van der Waals surface area contributed by atoms with Gasteiger partial charge in [0.1, 0.15) is 11.6 Å². The van der Waals surface area contributed by atoms with E-state index in [-0.39, 0.29) is 12.5 Å². The molecule has 0 bridgehead atoms. The number of nitrogens with zero attached hydrogens (tertiary/aromatic N) is 2. The van der Waals surface area contributed by atoms with Crippen LogP contribution in [-0.4, -0.2) is 20.9 Å². The van der Waals surface area contributed by atoms with Crippen LogP contribution in [-0.2, 0) is 6.54 Å². The lowest BCUT2D eigenvalue weighted by molar-refractivity contribution is 0.0949. The monoisotopic (exact) mass is 428 g/mol. The van der Waals surface area contributed by atoms with Crippen LogP contribution >= 0.6 is 11.6 Å². The predicted molar refractivity (Wildman–Crippen MR) is 120 cm³/mol. The molecule has 0 saturated carbocycles. The van der Waals surface area contributed by atoms with Gasteiger partial charge in [0.15, 0.2) is 0 Å². The maximum atomic E-state index is 12.8. The fourth-order valence-corrected chi connectivity index (χ4v) is 3.53. The SMILES string of the molecule is O=C(NCc1nc2ccccc2[nH]1)c1cnc(-c2ccc(Cl)cc2)c(-c2ccco2)c1. The molecular weight excluding hydrogens is 412 g/mol. The van der Waals surface area contributed by atoms with Gasteiger partial charge >= 0.3 is 0 Å². The van der Waals surface area contributed by atoms with E-state index in [1.165, 1.54) is 0 Å². The number of para-hydroxylation sites is 2. The van der Waals surface area contributed by atoms with Gasteiger partial charge in [-0.2, -0.15) is 0 Å². The highest BCUT2D eigenvalue weighted by Crippen LogP contribution is 2.32. The zero-order valence-corrected chi connectivity index (χ0v) is 17.1. The Balaban J connectivity index is 1.42. The Hall–Kier alpha value is -3.90. The van der Waals surface area contributed by atoms with E-state index < -0.39 is 0 Å². The summed E-state index contributed by atoms with van der Waals surface area (Å²) in [5, 5.41) is 3.54. The van der Waals surface area contributed by atoms with Gasteiger partial charge in [0.2, 0.25) is 0 Å². The second-order valence-corrected chi connectivity index (χ2v) is 7.42. The number of furan rings is 1. The number of aromatic amines is 1. The van der Waals surface area contributed by atoms with Crippen LogP contribution in [0.3, 0.4) is 0 Å². The first-order valence-corrected chi connectivity index (χ1v) is 10.1. The number of H-pyrrole nitrogens is 1. The first-order valence-electron chi connectivity index (χ1n) is 9.69. The van der Waals surface area contributed by atoms with E-state index >= 15 is 0 Å². The minimum absolute atomic E-state index is 0.247. The third-order valence-electron chi connectivity index (χ3n) is 4.91. The van der Waals surface area contributed by atoms with Crippen molar-refractivity contribution < 1.29 is 9.21 Å². The number of pyridine rings is 1. The number of imidazole rings is 1. The molecule has 0 saturated heterocycles. The normalized spacial score (nSPS) is 11.0. The molecule has 2 aromatic carbocycles. The van der Waals surface area contributed by atoms with Crippen molar-refractivity contribution in [3.8, 4) is 22.6 Å². The maximum Gasteiger partial charge on any atom is 0.253 e. The van der Waals surface area contributed by atoms with Crippen LogP contribution in [0, 0.1) is 0 Å². The maximum absolute atomic E-state index is 12.8. The van der Waals surface area contributed by atoms with Gasteiger partial charge < -0.3 is 14.7 Å². The fourth-order valence-electron chi connectivity index (χ4n) is 3.40. The van der Waals surface area contributed by atoms with E-state index in [2.05, 4.69) is 20.3 Å². The molecule has 0 spiro atoms. The highest BCUT2D eigenvalue weighted by molar-refractivity contribution is 6.30. The Morgan fingerprint density at radius 2 is 1.90 bits per heavy atom. The molecule has 2 N–H and O–H groups in total. The minimum atomic E-state index is -0.247. The van der Waals surface area contributed by atoms with Crippen molar-refractivity contribution in [3.05, 3.63) is 95.6 Å². The number of hydrogen-bond donors (Lipinski definition) is 2. The standard InChI is InChI=1S/C24H17ClN4O2/c25-17-9-7-15(8-10-17)23-18(21-6-3-11-31-21)12-16(13-26-23)24(30)27-14-22-28-19-4-1-2-5-20(19)29-22/h1-13H,14H2,(H,27,30)(H,28,29). The van der Waals surface area contributed by atoms with E-state index in [9.17, 15) is 4.79 Å². The highest BCUT2D eigenvalue weighted by Gasteiger charge is 2.16. The van der Waals surface area contributed by atoms with Crippen molar-refractivity contribution in [2.45, 2.75) is 6.54 Å². The van der Waals surface area contributed by atoms with Gasteiger partial charge in [-0.05, 0) is 42.5 Å². The molecule has 1 amide bonds. The highest BCUT2D eigenvalue weighted by atomic mass is 35.5. The van der Waals surface area contributed by atoms with Gasteiger partial charge in [-0.25, -0.2) is 4.98 Å². The van der Waals surface area contributed by atoms with E-state index in [0.29, 0.717) is 27.9 Å². The predicted octanol–water partition coefficient (Wildman–Crippen LogP) is 5.47. The molecule has 5 aromatic rings. The summed E-state index contributed by atoms with van der Waals surface area (Å²) in [6.45, 7) is 0.280. The smallest absolute Gasteiger partial charge is 0.253 e. The van der Waals surface area contributed by atoms with Crippen molar-refractivity contribution in [3.63, 3.8) is 0 Å². The number of carbonyl (C=O) groups excluding carboxylic acids is 1. The van der Waals surface area contributed by atoms with Crippen LogP contribution in [0.4, 0.5) is 0 Å². The molecule has 7 heteroatoms. The van der Waals surface area contributed by atoms with Crippen LogP contribution in [0.25, 0.3) is 33.6 Å². The van der Waals surface area contributed by atoms with Gasteiger partial charge in [-0.1, -0.05) is 35.9 Å². The average molecular weight is 429 g/mol. The lowest BCUT2D eigenvalue weighted by atomic mass is 10.0. The summed E-state index contributed by atoms with van der Waals surface area (Å²) in [7, 11) is 0. The number of fused-ring (bicyclic) bond motifs is 1. The summed E-state index contributed by atoms with van der Waals surface area (Å²) >= 11 is 6.02. The van der Waals surface area contributed by atoms with Gasteiger partial charge in [-0.3, -0.25) is 9.78 Å². The zero-order chi connectivity index (χ0) is 21.2. The fraction of sp³-hybridized carbons (Fsp3) is 0.0417. The second-order valence-electron chi connectivity index (χ2n) is 6.99. The molecule has 0 fully saturated rings. The molecule has 0 aliphatic rings. The third kappa shape index (κ3) is 3.93. The number of amides is 1. The van der Waals surface area contributed by atoms with Crippen LogP contribution in [0.1, 0.15) is 16.2 Å². The van der Waals surface area contributed by atoms with Crippen molar-refractivity contribution in [1.29, 1.82) is 0 Å². The number of rotatable bonds is 5. The number of benzene rings is 2. The molecule has 31 heavy (non-hydrogen) atoms. The third-order valence-corrected chi connectivity index (χ3v) is 5.16. The number of nitrogens with one attached hydrogen (secondary N) is 2. The molecule has 3 heterocycles. The van der Waals surface area contributed by atoms with Crippen molar-refractivity contribution in [2.75, 3.05) is 0 Å². The van der Waals surface area contributed by atoms with Crippen LogP contribution in [0.2, 0.25) is 5.02 Å². The molecular formula is C24H17ClN4O2. The zero-order valence-electron chi connectivity index (χ0n) is 16.3. The van der Waals surface area contributed by atoms with Gasteiger partial charge in [0, 0.05) is 22.3 Å². The summed E-state index contributed by atoms with van der Waals surface area (Å²) in [6, 6.07) is 20.5. The molecule has 6 nitrogen and oxygen atoms in total. The number of aromatic nitrogens is 3. The van der Waals surface area contributed by atoms with Gasteiger partial charge in [-0.15, -0.1) is 0 Å². The Labute approximate surface area is 182 Å². The molecule has 152 valence electrons. The summed E-state index contributed by atoms with van der Waals surface area (Å²) in [5.74, 6) is 1.07. The summed E-state index contributed by atoms with van der Waals surface area (Å²) in [5.41, 5.74) is 4.54. The Bertz CT molecular complexity index is 1330. The average Bonchev–Trinajstić information content (AvgIpc) is 3.47. The summed E-state index contributed by atoms with van der Waals surface area (Å²) in [6.07, 6.45) is 3.15. The largest absolute Gasteiger partial charge is 0.464 e. The topological polar surface area (TPSA) is 83.8 Å². The molecule has 0 unspecified atom stereocenters. The Kier molecular flexibility index (Phi) is 4.98. The molecule has 0 aliphatic heterocycles. The lowest BCUT2D eigenvalue weighted by Crippen LogP contribution is -2.23. The van der Waals surface area contributed by atoms with Crippen LogP contribution < -0.4 is 5.32 Å². The quantitative estimate of drug-likeness (QED) is 0.389. The van der Waals surface area contributed by atoms with Crippen molar-refractivity contribution in [2.24, 2.45) is 0 Å². The van der Waals surface area contributed by atoms with E-state index in [0.717, 1.165) is 22.2 Å². The summed E-state index contributed by atoms with van der Waals surface area (Å²) in [4.78, 5) is 25.1. The molecule has 5 rings (SSSR count). The Morgan fingerprint density at radius 3 is 2.68 bits per heavy atom. The van der Waals surface area contributed by atoms with E-state index in [4.69, 9.17) is 16.0 Å². The Morgan fingerprint density at radius 1 is 1.06 bits per heavy atom. The summed E-state index contributed by atoms with van der Waals surface area (Å²) < 4.78 is 5.59. The van der Waals surface area contributed by atoms with Crippen molar-refractivity contribution >= 4 is 28.5 Å². The lowest BCUT2D eigenvalue weighted by Gasteiger charge is -2.10. The molecule has 3 aromatic heterocycles. The molecule has 0 aliphatic carbocycles. The number of hydrogen-bond acceptors (Lipinski definition) is 4. The van der Waals surface area contributed by atoms with E-state index in [1.807, 2.05) is 42.5 Å². The number of carbonyl (C=O) groups is 1. The first kappa shape index (κ1) is 19.1. The van der Waals surface area contributed by atoms with Crippen molar-refractivity contribution in [1.82, 2.24) is 20.3 Å². The second kappa shape index (κ2) is 8.08. The van der Waals surface area contributed by atoms with Crippen LogP contribution in [0.5, 0.6) is 0 Å².